The van der Waals surface area contributed by atoms with Crippen molar-refractivity contribution in [3.63, 3.8) is 0 Å². The molecule has 0 bridgehead atoms. The van der Waals surface area contributed by atoms with Crippen molar-refractivity contribution in [2.24, 2.45) is 17.8 Å². The van der Waals surface area contributed by atoms with Gasteiger partial charge >= 0.3 is 0 Å². The van der Waals surface area contributed by atoms with Crippen LogP contribution >= 0.6 is 0 Å². The number of hydrogen-bond donors (Lipinski definition) is 0. The van der Waals surface area contributed by atoms with Gasteiger partial charge in [-0.2, -0.15) is 0 Å². The van der Waals surface area contributed by atoms with Crippen LogP contribution in [-0.2, 0) is 0 Å². The van der Waals surface area contributed by atoms with Gasteiger partial charge in [0.1, 0.15) is 0 Å². The van der Waals surface area contributed by atoms with Crippen LogP contribution in [0.3, 0.4) is 0 Å². The zero-order chi connectivity index (χ0) is 8.27. The molecule has 0 aromatic rings. The summed E-state index contributed by atoms with van der Waals surface area (Å²) >= 11 is 0. The molecule has 3 unspecified atom stereocenters. The van der Waals surface area contributed by atoms with Crippen molar-refractivity contribution < 1.29 is 0 Å². The van der Waals surface area contributed by atoms with Crippen molar-refractivity contribution in [3.8, 4) is 11.8 Å². The Morgan fingerprint density at radius 3 is 2.55 bits per heavy atom. The lowest BCUT2D eigenvalue weighted by Crippen LogP contribution is -1.99. The predicted molar refractivity (Wildman–Crippen MR) is 49.1 cm³/mol. The van der Waals surface area contributed by atoms with Gasteiger partial charge in [-0.3, -0.25) is 0 Å². The van der Waals surface area contributed by atoms with E-state index in [1.165, 1.54) is 19.3 Å². The monoisotopic (exact) mass is 150 g/mol. The van der Waals surface area contributed by atoms with Crippen molar-refractivity contribution in [1.82, 2.24) is 0 Å². The first-order valence-electron chi connectivity index (χ1n) is 4.75. The van der Waals surface area contributed by atoms with E-state index in [-0.39, 0.29) is 0 Å². The quantitative estimate of drug-likeness (QED) is 0.542. The van der Waals surface area contributed by atoms with Gasteiger partial charge in [0.25, 0.3) is 0 Å². The Labute approximate surface area is 70.4 Å². The van der Waals surface area contributed by atoms with Crippen molar-refractivity contribution in [2.75, 3.05) is 0 Å². The molecular weight excluding hydrogens is 132 g/mol. The van der Waals surface area contributed by atoms with Crippen molar-refractivity contribution in [1.29, 1.82) is 0 Å². The van der Waals surface area contributed by atoms with Crippen LogP contribution in [0.2, 0.25) is 0 Å². The Morgan fingerprint density at radius 1 is 1.45 bits per heavy atom. The van der Waals surface area contributed by atoms with Crippen LogP contribution in [0.15, 0.2) is 0 Å². The fraction of sp³-hybridized carbons (Fsp3) is 0.818. The maximum absolute atomic E-state index is 3.31. The van der Waals surface area contributed by atoms with Crippen LogP contribution in [0.4, 0.5) is 0 Å². The largest absolute Gasteiger partial charge is 0.106 e. The van der Waals surface area contributed by atoms with Gasteiger partial charge in [-0.05, 0) is 31.6 Å². The van der Waals surface area contributed by atoms with Gasteiger partial charge in [-0.25, -0.2) is 0 Å². The number of rotatable bonds is 3. The fourth-order valence-corrected chi connectivity index (χ4v) is 1.93. The van der Waals surface area contributed by atoms with E-state index in [9.17, 15) is 0 Å². The van der Waals surface area contributed by atoms with E-state index in [1.807, 2.05) is 6.92 Å². The average molecular weight is 150 g/mol. The molecule has 0 radical (unpaired) electrons. The molecule has 0 aromatic heterocycles. The third-order valence-corrected chi connectivity index (χ3v) is 2.79. The highest BCUT2D eigenvalue weighted by Gasteiger charge is 2.39. The van der Waals surface area contributed by atoms with Crippen molar-refractivity contribution in [3.05, 3.63) is 0 Å². The minimum absolute atomic E-state index is 0.699. The van der Waals surface area contributed by atoms with Crippen LogP contribution in [0.1, 0.15) is 40.0 Å². The predicted octanol–water partition coefficient (Wildman–Crippen LogP) is 3.08. The van der Waals surface area contributed by atoms with Gasteiger partial charge in [-0.15, -0.1) is 5.92 Å². The molecule has 0 aromatic carbocycles. The molecule has 62 valence electrons. The topological polar surface area (TPSA) is 0 Å². The minimum atomic E-state index is 0.699. The second kappa shape index (κ2) is 3.81. The van der Waals surface area contributed by atoms with E-state index in [1.54, 1.807) is 0 Å². The highest BCUT2D eigenvalue weighted by Crippen LogP contribution is 2.47. The summed E-state index contributed by atoms with van der Waals surface area (Å²) in [5, 5.41) is 0. The van der Waals surface area contributed by atoms with Gasteiger partial charge in [0.05, 0.1) is 0 Å². The van der Waals surface area contributed by atoms with E-state index in [0.717, 1.165) is 11.8 Å². The Balaban J connectivity index is 2.37. The summed E-state index contributed by atoms with van der Waals surface area (Å²) in [4.78, 5) is 0. The van der Waals surface area contributed by atoms with Gasteiger partial charge in [0, 0.05) is 5.92 Å². The highest BCUT2D eigenvalue weighted by molar-refractivity contribution is 5.07. The summed E-state index contributed by atoms with van der Waals surface area (Å²) < 4.78 is 0. The lowest BCUT2D eigenvalue weighted by atomic mass is 9.99. The first-order chi connectivity index (χ1) is 5.33. The van der Waals surface area contributed by atoms with E-state index in [2.05, 4.69) is 25.7 Å². The molecule has 1 aliphatic carbocycles. The maximum atomic E-state index is 3.31. The zero-order valence-electron chi connectivity index (χ0n) is 7.85. The van der Waals surface area contributed by atoms with E-state index < -0.39 is 0 Å². The molecule has 0 N–H and O–H groups in total. The van der Waals surface area contributed by atoms with Gasteiger partial charge in [-0.1, -0.05) is 26.2 Å². The lowest BCUT2D eigenvalue weighted by Gasteiger charge is -2.04. The van der Waals surface area contributed by atoms with E-state index >= 15 is 0 Å². The highest BCUT2D eigenvalue weighted by atomic mass is 14.4. The summed E-state index contributed by atoms with van der Waals surface area (Å²) in [7, 11) is 0. The Kier molecular flexibility index (Phi) is 3.00. The molecule has 0 heteroatoms. The third-order valence-electron chi connectivity index (χ3n) is 2.79. The van der Waals surface area contributed by atoms with Crippen molar-refractivity contribution >= 4 is 0 Å². The molecule has 3 atom stereocenters. The average Bonchev–Trinajstić information content (AvgIpc) is 2.79. The molecule has 1 rings (SSSR count). The molecular formula is C11H18. The second-order valence-corrected chi connectivity index (χ2v) is 3.48. The summed E-state index contributed by atoms with van der Waals surface area (Å²) in [6.45, 7) is 6.49. The van der Waals surface area contributed by atoms with Crippen molar-refractivity contribution in [2.45, 2.75) is 40.0 Å². The van der Waals surface area contributed by atoms with Gasteiger partial charge in [0.2, 0.25) is 0 Å². The van der Waals surface area contributed by atoms with Gasteiger partial charge in [0.15, 0.2) is 0 Å². The molecule has 0 nitrogen and oxygen atoms in total. The Hall–Kier alpha value is -0.440. The molecule has 0 saturated heterocycles. The van der Waals surface area contributed by atoms with Crippen LogP contribution in [-0.4, -0.2) is 0 Å². The minimum Gasteiger partial charge on any atom is -0.106 e. The first kappa shape index (κ1) is 8.65. The summed E-state index contributed by atoms with van der Waals surface area (Å²) in [5.41, 5.74) is 0. The van der Waals surface area contributed by atoms with Crippen LogP contribution in [0, 0.1) is 29.6 Å². The third kappa shape index (κ3) is 1.99. The van der Waals surface area contributed by atoms with E-state index in [4.69, 9.17) is 0 Å². The molecule has 1 saturated carbocycles. The van der Waals surface area contributed by atoms with E-state index in [0.29, 0.717) is 5.92 Å². The summed E-state index contributed by atoms with van der Waals surface area (Å²) in [6.07, 6.45) is 4.03. The number of hydrogen-bond acceptors (Lipinski definition) is 0. The molecule has 0 heterocycles. The normalized spacial score (nSPS) is 30.5. The summed E-state index contributed by atoms with van der Waals surface area (Å²) in [5.74, 6) is 8.99. The smallest absolute Gasteiger partial charge is 0.0231 e. The molecule has 0 amide bonds. The van der Waals surface area contributed by atoms with Crippen LogP contribution in [0.5, 0.6) is 0 Å². The maximum Gasteiger partial charge on any atom is 0.0231 e. The van der Waals surface area contributed by atoms with Crippen LogP contribution in [0.25, 0.3) is 0 Å². The molecule has 11 heavy (non-hydrogen) atoms. The lowest BCUT2D eigenvalue weighted by molar-refractivity contribution is 0.520. The molecule has 1 fully saturated rings. The zero-order valence-corrected chi connectivity index (χ0v) is 7.85. The second-order valence-electron chi connectivity index (χ2n) is 3.48. The van der Waals surface area contributed by atoms with Crippen LogP contribution < -0.4 is 0 Å². The molecule has 0 spiro atoms. The summed E-state index contributed by atoms with van der Waals surface area (Å²) in [6, 6.07) is 0. The van der Waals surface area contributed by atoms with Gasteiger partial charge < -0.3 is 0 Å². The fourth-order valence-electron chi connectivity index (χ4n) is 1.93. The first-order valence-corrected chi connectivity index (χ1v) is 4.75. The standard InChI is InChI=1S/C11H18/c1-4-7-9(5-2)11-8-10(11)6-3/h9-11H,5-6,8H2,1-3H3. The Morgan fingerprint density at radius 2 is 2.18 bits per heavy atom. The Bertz CT molecular complexity index is 170. The SMILES string of the molecule is CC#CC(CC)C1CC1CC. The molecule has 0 aliphatic heterocycles. The molecule has 1 aliphatic rings.